The van der Waals surface area contributed by atoms with Crippen LogP contribution in [0, 0.1) is 0 Å². The van der Waals surface area contributed by atoms with E-state index in [9.17, 15) is 29.4 Å². The number of para-hydroxylation sites is 1. The van der Waals surface area contributed by atoms with Gasteiger partial charge in [-0.15, -0.1) is 0 Å². The molecule has 0 radical (unpaired) electrons. The number of nitrogens with two attached hydrogens (primary N) is 1. The van der Waals surface area contributed by atoms with Gasteiger partial charge in [-0.05, 0) is 42.0 Å². The summed E-state index contributed by atoms with van der Waals surface area (Å²) >= 11 is 1.43. The van der Waals surface area contributed by atoms with E-state index in [2.05, 4.69) is 20.9 Å². The minimum Gasteiger partial charge on any atom is -0.480 e. The van der Waals surface area contributed by atoms with Crippen molar-refractivity contribution < 1.29 is 29.4 Å². The molecule has 0 aliphatic carbocycles. The Morgan fingerprint density at radius 3 is 2.17 bits per heavy atom. The lowest BCUT2D eigenvalue weighted by atomic mass is 10.0. The first kappa shape index (κ1) is 30.7. The van der Waals surface area contributed by atoms with Crippen LogP contribution in [0.15, 0.2) is 60.8 Å². The van der Waals surface area contributed by atoms with Crippen LogP contribution in [0.3, 0.4) is 0 Å². The first-order chi connectivity index (χ1) is 19.2. The number of carbonyl (C=O) groups is 4. The zero-order chi connectivity index (χ0) is 29.1. The van der Waals surface area contributed by atoms with Crippen molar-refractivity contribution in [1.82, 2.24) is 20.9 Å². The first-order valence-electron chi connectivity index (χ1n) is 12.8. The molecule has 0 bridgehead atoms. The number of hydrogen-bond acceptors (Lipinski definition) is 7. The van der Waals surface area contributed by atoms with Crippen molar-refractivity contribution in [2.24, 2.45) is 5.73 Å². The summed E-state index contributed by atoms with van der Waals surface area (Å²) in [6.07, 6.45) is 4.10. The van der Waals surface area contributed by atoms with Crippen LogP contribution < -0.4 is 21.7 Å². The molecule has 8 N–H and O–H groups in total. The third kappa shape index (κ3) is 8.57. The van der Waals surface area contributed by atoms with Crippen LogP contribution in [0.4, 0.5) is 0 Å². The molecule has 0 aliphatic rings. The van der Waals surface area contributed by atoms with Gasteiger partial charge < -0.3 is 36.9 Å². The molecule has 3 amide bonds. The Bertz CT molecular complexity index is 1300. The van der Waals surface area contributed by atoms with Gasteiger partial charge in [-0.3, -0.25) is 14.4 Å². The van der Waals surface area contributed by atoms with Crippen molar-refractivity contribution in [2.45, 2.75) is 43.4 Å². The number of aromatic amines is 1. The number of benzene rings is 2. The molecule has 40 heavy (non-hydrogen) atoms. The van der Waals surface area contributed by atoms with Crippen molar-refractivity contribution in [3.05, 3.63) is 71.9 Å². The predicted molar refractivity (Wildman–Crippen MR) is 154 cm³/mol. The Balaban J connectivity index is 1.71. The number of nitrogens with one attached hydrogen (secondary N) is 4. The van der Waals surface area contributed by atoms with Gasteiger partial charge in [0, 0.05) is 23.5 Å². The fourth-order valence-electron chi connectivity index (χ4n) is 4.20. The Labute approximate surface area is 236 Å². The summed E-state index contributed by atoms with van der Waals surface area (Å²) in [6.45, 7) is -0.765. The summed E-state index contributed by atoms with van der Waals surface area (Å²) in [5.41, 5.74) is 8.74. The van der Waals surface area contributed by atoms with Crippen LogP contribution >= 0.6 is 11.8 Å². The maximum atomic E-state index is 13.3. The third-order valence-electron chi connectivity index (χ3n) is 6.41. The van der Waals surface area contributed by atoms with Crippen molar-refractivity contribution in [2.75, 3.05) is 18.6 Å². The molecule has 0 saturated carbocycles. The highest BCUT2D eigenvalue weighted by Gasteiger charge is 2.30. The van der Waals surface area contributed by atoms with Crippen LogP contribution in [-0.4, -0.2) is 81.7 Å². The predicted octanol–water partition coefficient (Wildman–Crippen LogP) is 0.565. The molecule has 1 aromatic heterocycles. The van der Waals surface area contributed by atoms with Crippen molar-refractivity contribution in [3.8, 4) is 0 Å². The molecule has 1 heterocycles. The average Bonchev–Trinajstić information content (AvgIpc) is 3.36. The molecule has 12 heteroatoms. The molecule has 0 aliphatic heterocycles. The molecule has 0 saturated heterocycles. The van der Waals surface area contributed by atoms with Gasteiger partial charge in [0.25, 0.3) is 0 Å². The highest BCUT2D eigenvalue weighted by molar-refractivity contribution is 7.98. The number of aromatic nitrogens is 1. The molecule has 4 atom stereocenters. The maximum Gasteiger partial charge on any atom is 0.326 e. The maximum absolute atomic E-state index is 13.3. The lowest BCUT2D eigenvalue weighted by Gasteiger charge is -2.24. The number of aliphatic carboxylic acids is 1. The number of carboxylic acids is 1. The lowest BCUT2D eigenvalue weighted by molar-refractivity contribution is -0.142. The monoisotopic (exact) mass is 569 g/mol. The van der Waals surface area contributed by atoms with E-state index in [-0.39, 0.29) is 19.3 Å². The average molecular weight is 570 g/mol. The number of fused-ring (bicyclic) bond motifs is 1. The van der Waals surface area contributed by atoms with E-state index in [1.807, 2.05) is 36.6 Å². The summed E-state index contributed by atoms with van der Waals surface area (Å²) in [6, 6.07) is 11.9. The number of thioether (sulfide) groups is 1. The summed E-state index contributed by atoms with van der Waals surface area (Å²) < 4.78 is 0. The van der Waals surface area contributed by atoms with E-state index in [1.165, 1.54) is 11.8 Å². The van der Waals surface area contributed by atoms with Gasteiger partial charge in [0.05, 0.1) is 12.6 Å². The molecular weight excluding hydrogens is 534 g/mol. The first-order valence-corrected chi connectivity index (χ1v) is 14.2. The standard InChI is InChI=1S/C28H35N5O6S/c1-40-12-11-22(28(38)39)31-27(37)24(16-34)33-26(36)23(13-17-7-3-2-4-8-17)32-25(35)20(29)14-18-15-30-21-10-6-5-9-19(18)21/h2-10,15,20,22-24,30,34H,11-14,16,29H2,1H3,(H,31,37)(H,32,35)(H,33,36)(H,38,39). The molecule has 3 aromatic rings. The van der Waals surface area contributed by atoms with Gasteiger partial charge in [0.1, 0.15) is 18.1 Å². The number of rotatable bonds is 15. The number of aliphatic hydroxyl groups is 1. The van der Waals surface area contributed by atoms with Crippen molar-refractivity contribution >= 4 is 46.4 Å². The summed E-state index contributed by atoms with van der Waals surface area (Å²) in [7, 11) is 0. The number of carboxylic acid groups (broad SMARTS) is 1. The van der Waals surface area contributed by atoms with E-state index in [1.54, 1.807) is 30.5 Å². The van der Waals surface area contributed by atoms with E-state index < -0.39 is 54.5 Å². The highest BCUT2D eigenvalue weighted by atomic mass is 32.2. The number of aliphatic hydroxyl groups excluding tert-OH is 1. The zero-order valence-corrected chi connectivity index (χ0v) is 22.9. The second kappa shape index (κ2) is 15.1. The second-order valence-electron chi connectivity index (χ2n) is 9.35. The smallest absolute Gasteiger partial charge is 0.326 e. The van der Waals surface area contributed by atoms with Crippen LogP contribution in [0.1, 0.15) is 17.5 Å². The molecule has 214 valence electrons. The minimum absolute atomic E-state index is 0.101. The fourth-order valence-corrected chi connectivity index (χ4v) is 4.67. The summed E-state index contributed by atoms with van der Waals surface area (Å²) in [5, 5.41) is 27.6. The SMILES string of the molecule is CSCCC(NC(=O)C(CO)NC(=O)C(Cc1ccccc1)NC(=O)C(N)Cc1c[nH]c2ccccc12)C(=O)O. The Kier molecular flexibility index (Phi) is 11.5. The number of amides is 3. The van der Waals surface area contributed by atoms with Gasteiger partial charge in [-0.25, -0.2) is 4.79 Å². The molecule has 0 fully saturated rings. The van der Waals surface area contributed by atoms with Crippen LogP contribution in [0.25, 0.3) is 10.9 Å². The van der Waals surface area contributed by atoms with Gasteiger partial charge in [-0.2, -0.15) is 11.8 Å². The molecule has 2 aromatic carbocycles. The number of H-pyrrole nitrogens is 1. The highest BCUT2D eigenvalue weighted by Crippen LogP contribution is 2.19. The third-order valence-corrected chi connectivity index (χ3v) is 7.05. The molecular formula is C28H35N5O6S. The second-order valence-corrected chi connectivity index (χ2v) is 10.3. The minimum atomic E-state index is -1.42. The normalized spacial score (nSPS) is 14.1. The topological polar surface area (TPSA) is 187 Å². The quantitative estimate of drug-likeness (QED) is 0.138. The lowest BCUT2D eigenvalue weighted by Crippen LogP contribution is -2.58. The molecule has 4 unspecified atom stereocenters. The number of hydrogen-bond donors (Lipinski definition) is 7. The van der Waals surface area contributed by atoms with Crippen LogP contribution in [0.5, 0.6) is 0 Å². The molecule has 11 nitrogen and oxygen atoms in total. The molecule has 0 spiro atoms. The van der Waals surface area contributed by atoms with E-state index in [0.717, 1.165) is 22.0 Å². The van der Waals surface area contributed by atoms with Crippen molar-refractivity contribution in [1.29, 1.82) is 0 Å². The Morgan fingerprint density at radius 2 is 1.50 bits per heavy atom. The van der Waals surface area contributed by atoms with Gasteiger partial charge in [0.2, 0.25) is 17.7 Å². The summed E-state index contributed by atoms with van der Waals surface area (Å²) in [4.78, 5) is 53.8. The molecule has 3 rings (SSSR count). The van der Waals surface area contributed by atoms with E-state index >= 15 is 0 Å². The van der Waals surface area contributed by atoms with Gasteiger partial charge >= 0.3 is 5.97 Å². The van der Waals surface area contributed by atoms with Crippen molar-refractivity contribution in [3.63, 3.8) is 0 Å². The van der Waals surface area contributed by atoms with Crippen LogP contribution in [-0.2, 0) is 32.0 Å². The zero-order valence-electron chi connectivity index (χ0n) is 22.1. The largest absolute Gasteiger partial charge is 0.480 e. The van der Waals surface area contributed by atoms with E-state index in [0.29, 0.717) is 5.75 Å². The Morgan fingerprint density at radius 1 is 0.875 bits per heavy atom. The van der Waals surface area contributed by atoms with E-state index in [4.69, 9.17) is 5.73 Å². The van der Waals surface area contributed by atoms with Gasteiger partial charge in [-0.1, -0.05) is 48.5 Å². The van der Waals surface area contributed by atoms with Gasteiger partial charge in [0.15, 0.2) is 0 Å². The fraction of sp³-hybridized carbons (Fsp3) is 0.357. The van der Waals surface area contributed by atoms with Crippen LogP contribution in [0.2, 0.25) is 0 Å². The summed E-state index contributed by atoms with van der Waals surface area (Å²) in [5.74, 6) is -2.85. The Hall–Kier alpha value is -3.87. The number of carbonyl (C=O) groups excluding carboxylic acids is 3.